The lowest BCUT2D eigenvalue weighted by atomic mass is 10.1. The molecule has 0 spiro atoms. The second kappa shape index (κ2) is 13.3. The minimum absolute atomic E-state index is 0.0978. The van der Waals surface area contributed by atoms with E-state index in [-0.39, 0.29) is 71.7 Å². The molecule has 13 heteroatoms. The van der Waals surface area contributed by atoms with E-state index in [4.69, 9.17) is 9.97 Å². The normalized spacial score (nSPS) is 14.0. The smallest absolute Gasteiger partial charge is 0.228 e. The molecule has 13 nitrogen and oxygen atoms in total. The van der Waals surface area contributed by atoms with Crippen molar-refractivity contribution in [3.05, 3.63) is 0 Å². The van der Waals surface area contributed by atoms with E-state index >= 15 is 0 Å². The molecular formula is C21H36N8O5. The summed E-state index contributed by atoms with van der Waals surface area (Å²) in [6.07, 6.45) is 3.18. The molecule has 6 N–H and O–H groups in total. The van der Waals surface area contributed by atoms with Gasteiger partial charge in [0.05, 0.1) is 33.0 Å². The number of rotatable bonds is 14. The van der Waals surface area contributed by atoms with Crippen molar-refractivity contribution in [1.29, 1.82) is 0 Å². The minimum atomic E-state index is -0.150. The summed E-state index contributed by atoms with van der Waals surface area (Å²) in [5.41, 5.74) is 0.966. The third kappa shape index (κ3) is 6.30. The third-order valence-corrected chi connectivity index (χ3v) is 5.61. The molecule has 1 aliphatic heterocycles. The van der Waals surface area contributed by atoms with Gasteiger partial charge in [0.25, 0.3) is 0 Å². The maximum Gasteiger partial charge on any atom is 0.228 e. The molecule has 3 heterocycles. The Morgan fingerprint density at radius 2 is 1.29 bits per heavy atom. The Morgan fingerprint density at radius 1 is 0.676 bits per heavy atom. The molecule has 0 atom stereocenters. The van der Waals surface area contributed by atoms with E-state index in [0.29, 0.717) is 28.6 Å². The summed E-state index contributed by atoms with van der Waals surface area (Å²) in [4.78, 5) is 24.4. The second-order valence-electron chi connectivity index (χ2n) is 7.98. The Labute approximate surface area is 198 Å². The summed E-state index contributed by atoms with van der Waals surface area (Å²) in [7, 11) is 0. The average molecular weight is 481 g/mol. The molecule has 0 aliphatic carbocycles. The van der Waals surface area contributed by atoms with Gasteiger partial charge >= 0.3 is 0 Å². The molecule has 34 heavy (non-hydrogen) atoms. The molecule has 3 rings (SSSR count). The van der Waals surface area contributed by atoms with Crippen molar-refractivity contribution in [3.63, 3.8) is 0 Å². The lowest BCUT2D eigenvalue weighted by Gasteiger charge is -2.31. The van der Waals surface area contributed by atoms with Crippen LogP contribution in [-0.4, -0.2) is 124 Å². The monoisotopic (exact) mass is 480 g/mol. The SMILES string of the molecule is OCCNc1nc(N(CCO)CCO)c2nc(N(CCO)CCO)nc(N3CCCCC3)c2n1. The van der Waals surface area contributed by atoms with Gasteiger partial charge in [-0.25, -0.2) is 9.97 Å². The van der Waals surface area contributed by atoms with Crippen LogP contribution in [-0.2, 0) is 0 Å². The van der Waals surface area contributed by atoms with E-state index in [1.165, 1.54) is 0 Å². The first-order valence-corrected chi connectivity index (χ1v) is 11.8. The van der Waals surface area contributed by atoms with Crippen molar-refractivity contribution in [2.24, 2.45) is 0 Å². The van der Waals surface area contributed by atoms with Crippen LogP contribution in [0.2, 0.25) is 0 Å². The Morgan fingerprint density at radius 3 is 1.88 bits per heavy atom. The second-order valence-corrected chi connectivity index (χ2v) is 7.98. The Bertz CT molecular complexity index is 887. The molecule has 0 aromatic carbocycles. The van der Waals surface area contributed by atoms with Crippen molar-refractivity contribution in [1.82, 2.24) is 19.9 Å². The fourth-order valence-electron chi connectivity index (χ4n) is 4.03. The van der Waals surface area contributed by atoms with E-state index in [9.17, 15) is 25.5 Å². The molecule has 0 saturated carbocycles. The van der Waals surface area contributed by atoms with Crippen LogP contribution in [0.1, 0.15) is 19.3 Å². The van der Waals surface area contributed by atoms with Crippen LogP contribution < -0.4 is 20.0 Å². The first-order valence-electron chi connectivity index (χ1n) is 11.8. The molecule has 0 radical (unpaired) electrons. The van der Waals surface area contributed by atoms with Gasteiger partial charge in [0, 0.05) is 45.8 Å². The molecule has 2 aromatic rings. The fraction of sp³-hybridized carbons (Fsp3) is 0.714. The highest BCUT2D eigenvalue weighted by Gasteiger charge is 2.25. The maximum absolute atomic E-state index is 9.63. The van der Waals surface area contributed by atoms with Crippen molar-refractivity contribution < 1.29 is 25.5 Å². The highest BCUT2D eigenvalue weighted by molar-refractivity contribution is 5.95. The number of nitrogens with zero attached hydrogens (tertiary/aromatic N) is 7. The molecule has 0 bridgehead atoms. The van der Waals surface area contributed by atoms with Gasteiger partial charge in [-0.1, -0.05) is 0 Å². The molecule has 0 unspecified atom stereocenters. The number of aliphatic hydroxyl groups excluding tert-OH is 5. The third-order valence-electron chi connectivity index (χ3n) is 5.61. The first kappa shape index (κ1) is 26.0. The zero-order chi connectivity index (χ0) is 24.3. The van der Waals surface area contributed by atoms with Crippen LogP contribution in [0.4, 0.5) is 23.5 Å². The summed E-state index contributed by atoms with van der Waals surface area (Å²) in [6, 6.07) is 0. The van der Waals surface area contributed by atoms with Crippen LogP contribution >= 0.6 is 0 Å². The van der Waals surface area contributed by atoms with E-state index in [2.05, 4.69) is 20.2 Å². The van der Waals surface area contributed by atoms with Crippen LogP contribution in [0.15, 0.2) is 0 Å². The van der Waals surface area contributed by atoms with Gasteiger partial charge in [-0.3, -0.25) is 0 Å². The zero-order valence-corrected chi connectivity index (χ0v) is 19.5. The van der Waals surface area contributed by atoms with Crippen LogP contribution in [0.3, 0.4) is 0 Å². The molecular weight excluding hydrogens is 444 g/mol. The Kier molecular flexibility index (Phi) is 10.2. The summed E-state index contributed by atoms with van der Waals surface area (Å²) < 4.78 is 0. The zero-order valence-electron chi connectivity index (χ0n) is 19.5. The van der Waals surface area contributed by atoms with E-state index < -0.39 is 0 Å². The van der Waals surface area contributed by atoms with Crippen molar-refractivity contribution in [2.75, 3.05) is 98.9 Å². The molecule has 1 fully saturated rings. The molecule has 190 valence electrons. The van der Waals surface area contributed by atoms with E-state index in [1.54, 1.807) is 9.80 Å². The van der Waals surface area contributed by atoms with E-state index in [0.717, 1.165) is 32.4 Å². The summed E-state index contributed by atoms with van der Waals surface area (Å²) in [5.74, 6) is 1.67. The first-order chi connectivity index (χ1) is 16.7. The molecule has 1 aliphatic rings. The quantitative estimate of drug-likeness (QED) is 0.182. The highest BCUT2D eigenvalue weighted by atomic mass is 16.3. The predicted molar refractivity (Wildman–Crippen MR) is 130 cm³/mol. The highest BCUT2D eigenvalue weighted by Crippen LogP contribution is 2.33. The summed E-state index contributed by atoms with van der Waals surface area (Å²) in [5, 5.41) is 50.6. The number of piperidine rings is 1. The number of hydrogen-bond donors (Lipinski definition) is 6. The molecule has 0 amide bonds. The largest absolute Gasteiger partial charge is 0.395 e. The lowest BCUT2D eigenvalue weighted by Crippen LogP contribution is -2.35. The van der Waals surface area contributed by atoms with Gasteiger partial charge in [-0.15, -0.1) is 0 Å². The molecule has 1 saturated heterocycles. The van der Waals surface area contributed by atoms with Crippen LogP contribution in [0.25, 0.3) is 11.0 Å². The van der Waals surface area contributed by atoms with Gasteiger partial charge in [0.1, 0.15) is 11.0 Å². The number of nitrogens with one attached hydrogen (secondary N) is 1. The molecule has 2 aromatic heterocycles. The number of hydrogen-bond acceptors (Lipinski definition) is 13. The van der Waals surface area contributed by atoms with E-state index in [1.807, 2.05) is 0 Å². The van der Waals surface area contributed by atoms with Gasteiger partial charge in [-0.2, -0.15) is 9.97 Å². The van der Waals surface area contributed by atoms with Crippen molar-refractivity contribution >= 4 is 34.6 Å². The Hall–Kier alpha value is -2.58. The summed E-state index contributed by atoms with van der Waals surface area (Å²) >= 11 is 0. The number of aliphatic hydroxyl groups is 5. The number of aromatic nitrogens is 4. The maximum atomic E-state index is 9.63. The lowest BCUT2D eigenvalue weighted by molar-refractivity contribution is 0.279. The van der Waals surface area contributed by atoms with Crippen molar-refractivity contribution in [2.45, 2.75) is 19.3 Å². The number of fused-ring (bicyclic) bond motifs is 1. The average Bonchev–Trinajstić information content (AvgIpc) is 2.86. The van der Waals surface area contributed by atoms with Gasteiger partial charge in [0.15, 0.2) is 11.6 Å². The summed E-state index contributed by atoms with van der Waals surface area (Å²) in [6.45, 7) is 2.15. The number of anilines is 4. The van der Waals surface area contributed by atoms with Crippen LogP contribution in [0.5, 0.6) is 0 Å². The Balaban J connectivity index is 2.26. The standard InChI is InChI=1S/C21H36N8O5/c30-11-4-22-20-23-16-17(18(25-20)28(7-12-31)8-13-32)24-21(29(9-14-33)10-15-34)26-19(16)27-5-2-1-3-6-27/h30-34H,1-15H2,(H,22,23,25). The van der Waals surface area contributed by atoms with Crippen molar-refractivity contribution in [3.8, 4) is 0 Å². The topological polar surface area (TPSA) is 174 Å². The predicted octanol–water partition coefficient (Wildman–Crippen LogP) is -1.60. The van der Waals surface area contributed by atoms with Gasteiger partial charge in [-0.05, 0) is 19.3 Å². The van der Waals surface area contributed by atoms with Gasteiger partial charge in [0.2, 0.25) is 11.9 Å². The fourth-order valence-corrected chi connectivity index (χ4v) is 4.03. The van der Waals surface area contributed by atoms with Crippen LogP contribution in [0, 0.1) is 0 Å². The van der Waals surface area contributed by atoms with Gasteiger partial charge < -0.3 is 45.5 Å². The minimum Gasteiger partial charge on any atom is -0.395 e.